The van der Waals surface area contributed by atoms with Crippen LogP contribution in [0.25, 0.3) is 11.3 Å². The number of methoxy groups -OCH3 is 1. The molecule has 2 aromatic rings. The van der Waals surface area contributed by atoms with Crippen LogP contribution in [0.4, 0.5) is 20.2 Å². The van der Waals surface area contributed by atoms with E-state index >= 15 is 0 Å². The fraction of sp³-hybridized carbons (Fsp3) is 0.0769. The molecule has 0 aliphatic rings. The first-order valence-electron chi connectivity index (χ1n) is 5.65. The average Bonchev–Trinajstić information content (AvgIpc) is 2.46. The standard InChI is InChI=1S/C13H10ClF2N3O2/c1-21-13(20)12-5(14)2-3-8(19-12)9-10(17)6(15)4-7(16)11(9)18/h2-4H,17-18H2,1H3. The third-order valence-electron chi connectivity index (χ3n) is 2.79. The molecular formula is C13H10ClF2N3O2. The summed E-state index contributed by atoms with van der Waals surface area (Å²) in [5.74, 6) is -2.75. The molecule has 0 aliphatic carbocycles. The van der Waals surface area contributed by atoms with Gasteiger partial charge in [0.1, 0.15) is 11.6 Å². The topological polar surface area (TPSA) is 91.2 Å². The van der Waals surface area contributed by atoms with Gasteiger partial charge in [0.2, 0.25) is 0 Å². The lowest BCUT2D eigenvalue weighted by molar-refractivity contribution is 0.0594. The van der Waals surface area contributed by atoms with Gasteiger partial charge in [-0.1, -0.05) is 11.6 Å². The number of benzene rings is 1. The second-order valence-corrected chi connectivity index (χ2v) is 4.47. The monoisotopic (exact) mass is 313 g/mol. The van der Waals surface area contributed by atoms with Crippen molar-refractivity contribution in [3.8, 4) is 11.3 Å². The van der Waals surface area contributed by atoms with Gasteiger partial charge in [0.15, 0.2) is 5.69 Å². The maximum Gasteiger partial charge on any atom is 0.358 e. The summed E-state index contributed by atoms with van der Waals surface area (Å²) in [7, 11) is 1.15. The van der Waals surface area contributed by atoms with E-state index < -0.39 is 17.6 Å². The van der Waals surface area contributed by atoms with Gasteiger partial charge in [0, 0.05) is 6.07 Å². The largest absolute Gasteiger partial charge is 0.464 e. The summed E-state index contributed by atoms with van der Waals surface area (Å²) in [6.45, 7) is 0. The molecule has 8 heteroatoms. The van der Waals surface area contributed by atoms with E-state index in [9.17, 15) is 13.6 Å². The Kier molecular flexibility index (Phi) is 3.95. The Balaban J connectivity index is 2.71. The van der Waals surface area contributed by atoms with Crippen molar-refractivity contribution in [1.82, 2.24) is 4.98 Å². The highest BCUT2D eigenvalue weighted by Gasteiger charge is 2.20. The number of carbonyl (C=O) groups excluding carboxylic acids is 1. The van der Waals surface area contributed by atoms with Crippen molar-refractivity contribution >= 4 is 28.9 Å². The van der Waals surface area contributed by atoms with Crippen molar-refractivity contribution in [2.75, 3.05) is 18.6 Å². The summed E-state index contributed by atoms with van der Waals surface area (Å²) in [4.78, 5) is 15.5. The van der Waals surface area contributed by atoms with Gasteiger partial charge in [-0.15, -0.1) is 0 Å². The highest BCUT2D eigenvalue weighted by atomic mass is 35.5. The zero-order chi connectivity index (χ0) is 15.7. The van der Waals surface area contributed by atoms with Gasteiger partial charge in [-0.2, -0.15) is 0 Å². The number of ether oxygens (including phenoxy) is 1. The van der Waals surface area contributed by atoms with Crippen LogP contribution in [0.3, 0.4) is 0 Å². The Bertz CT molecular complexity index is 712. The van der Waals surface area contributed by atoms with Gasteiger partial charge in [-0.3, -0.25) is 0 Å². The van der Waals surface area contributed by atoms with Crippen LogP contribution >= 0.6 is 11.6 Å². The number of esters is 1. The van der Waals surface area contributed by atoms with Crippen molar-refractivity contribution in [2.45, 2.75) is 0 Å². The molecule has 0 aliphatic heterocycles. The molecule has 0 amide bonds. The maximum atomic E-state index is 13.5. The summed E-state index contributed by atoms with van der Waals surface area (Å²) in [6.07, 6.45) is 0. The minimum absolute atomic E-state index is 0.00759. The van der Waals surface area contributed by atoms with Gasteiger partial charge >= 0.3 is 5.97 Å². The Hall–Kier alpha value is -2.41. The number of nitrogens with two attached hydrogens (primary N) is 2. The van der Waals surface area contributed by atoms with Crippen LogP contribution in [0.15, 0.2) is 18.2 Å². The zero-order valence-corrected chi connectivity index (χ0v) is 11.5. The highest BCUT2D eigenvalue weighted by molar-refractivity contribution is 6.33. The quantitative estimate of drug-likeness (QED) is 0.657. The van der Waals surface area contributed by atoms with Crippen LogP contribution in [0.1, 0.15) is 10.5 Å². The van der Waals surface area contributed by atoms with E-state index in [2.05, 4.69) is 9.72 Å². The van der Waals surface area contributed by atoms with Crippen LogP contribution in [0.2, 0.25) is 5.02 Å². The second-order valence-electron chi connectivity index (χ2n) is 4.06. The van der Waals surface area contributed by atoms with E-state index in [4.69, 9.17) is 23.1 Å². The summed E-state index contributed by atoms with van der Waals surface area (Å²) in [6, 6.07) is 3.25. The number of hydrogen-bond donors (Lipinski definition) is 2. The minimum atomic E-state index is -0.979. The van der Waals surface area contributed by atoms with E-state index in [1.807, 2.05) is 0 Å². The number of rotatable bonds is 2. The first-order valence-corrected chi connectivity index (χ1v) is 6.02. The third kappa shape index (κ3) is 2.59. The smallest absolute Gasteiger partial charge is 0.358 e. The SMILES string of the molecule is COC(=O)c1nc(-c2c(N)c(F)cc(F)c2N)ccc1Cl. The number of hydrogen-bond acceptors (Lipinski definition) is 5. The average molecular weight is 314 g/mol. The molecular weight excluding hydrogens is 304 g/mol. The van der Waals surface area contributed by atoms with Crippen molar-refractivity contribution in [3.63, 3.8) is 0 Å². The molecule has 1 aromatic carbocycles. The molecule has 0 saturated heterocycles. The van der Waals surface area contributed by atoms with Crippen molar-refractivity contribution in [1.29, 1.82) is 0 Å². The van der Waals surface area contributed by atoms with E-state index in [0.717, 1.165) is 7.11 Å². The number of aromatic nitrogens is 1. The molecule has 0 saturated carbocycles. The van der Waals surface area contributed by atoms with E-state index in [1.165, 1.54) is 12.1 Å². The van der Waals surface area contributed by atoms with E-state index in [1.54, 1.807) is 0 Å². The molecule has 21 heavy (non-hydrogen) atoms. The predicted molar refractivity (Wildman–Crippen MR) is 74.8 cm³/mol. The molecule has 0 spiro atoms. The molecule has 2 rings (SSSR count). The molecule has 1 aromatic heterocycles. The van der Waals surface area contributed by atoms with Gasteiger partial charge in [-0.25, -0.2) is 18.6 Å². The van der Waals surface area contributed by atoms with Crippen LogP contribution in [-0.2, 0) is 4.74 Å². The predicted octanol–water partition coefficient (Wildman–Crippen LogP) is 2.63. The number of nitrogens with zero attached hydrogens (tertiary/aromatic N) is 1. The lowest BCUT2D eigenvalue weighted by Gasteiger charge is -2.12. The Morgan fingerprint density at radius 2 is 1.81 bits per heavy atom. The third-order valence-corrected chi connectivity index (χ3v) is 3.09. The Morgan fingerprint density at radius 3 is 2.33 bits per heavy atom. The molecule has 1 heterocycles. The van der Waals surface area contributed by atoms with Gasteiger partial charge in [-0.05, 0) is 12.1 Å². The second kappa shape index (κ2) is 5.53. The summed E-state index contributed by atoms with van der Waals surface area (Å²) < 4.78 is 31.6. The van der Waals surface area contributed by atoms with Crippen LogP contribution in [-0.4, -0.2) is 18.1 Å². The lowest BCUT2D eigenvalue weighted by atomic mass is 10.1. The van der Waals surface area contributed by atoms with Crippen LogP contribution < -0.4 is 11.5 Å². The Labute approximate surface area is 123 Å². The molecule has 0 bridgehead atoms. The summed E-state index contributed by atoms with van der Waals surface area (Å²) in [5.41, 5.74) is 10.0. The van der Waals surface area contributed by atoms with Gasteiger partial charge in [0.25, 0.3) is 0 Å². The molecule has 4 N–H and O–H groups in total. The van der Waals surface area contributed by atoms with Gasteiger partial charge < -0.3 is 16.2 Å². The molecule has 5 nitrogen and oxygen atoms in total. The number of halogens is 3. The van der Waals surface area contributed by atoms with Gasteiger partial charge in [0.05, 0.1) is 34.8 Å². The first-order chi connectivity index (χ1) is 9.86. The number of anilines is 2. The molecule has 0 fully saturated rings. The van der Waals surface area contributed by atoms with E-state index in [0.29, 0.717) is 6.07 Å². The minimum Gasteiger partial charge on any atom is -0.464 e. The number of carbonyl (C=O) groups is 1. The van der Waals surface area contributed by atoms with E-state index in [-0.39, 0.29) is 33.3 Å². The number of pyridine rings is 1. The molecule has 0 atom stereocenters. The normalized spacial score (nSPS) is 10.5. The van der Waals surface area contributed by atoms with Crippen molar-refractivity contribution in [2.24, 2.45) is 0 Å². The maximum absolute atomic E-state index is 13.5. The molecule has 110 valence electrons. The van der Waals surface area contributed by atoms with Crippen molar-refractivity contribution in [3.05, 3.63) is 40.6 Å². The van der Waals surface area contributed by atoms with Crippen molar-refractivity contribution < 1.29 is 18.3 Å². The lowest BCUT2D eigenvalue weighted by Crippen LogP contribution is -2.08. The zero-order valence-electron chi connectivity index (χ0n) is 10.8. The first kappa shape index (κ1) is 15.0. The summed E-state index contributed by atoms with van der Waals surface area (Å²) >= 11 is 5.83. The highest BCUT2D eigenvalue weighted by Crippen LogP contribution is 2.35. The summed E-state index contributed by atoms with van der Waals surface area (Å²) in [5, 5.41) is 0.0274. The van der Waals surface area contributed by atoms with Crippen LogP contribution in [0.5, 0.6) is 0 Å². The fourth-order valence-electron chi connectivity index (χ4n) is 1.75. The fourth-order valence-corrected chi connectivity index (χ4v) is 1.93. The molecule has 0 radical (unpaired) electrons. The van der Waals surface area contributed by atoms with Crippen LogP contribution in [0, 0.1) is 11.6 Å². The Morgan fingerprint density at radius 1 is 1.24 bits per heavy atom. The number of nitrogen functional groups attached to an aromatic ring is 2. The molecule has 0 unspecified atom stereocenters.